The summed E-state index contributed by atoms with van der Waals surface area (Å²) in [6.45, 7) is 15.9. The predicted molar refractivity (Wildman–Crippen MR) is 79.3 cm³/mol. The molecule has 1 fully saturated rings. The largest absolute Gasteiger partial charge is 0.444 e. The summed E-state index contributed by atoms with van der Waals surface area (Å²) in [7, 11) is 0. The molecule has 0 spiro atoms. The average molecular weight is 286 g/mol. The highest BCUT2D eigenvalue weighted by Gasteiger charge is 2.49. The Labute approximate surface area is 122 Å². The molecule has 5 heteroatoms. The van der Waals surface area contributed by atoms with Crippen LogP contribution in [0.2, 0.25) is 0 Å². The molecule has 0 aliphatic carbocycles. The van der Waals surface area contributed by atoms with E-state index in [0.717, 1.165) is 0 Å². The first-order valence-electron chi connectivity index (χ1n) is 7.17. The second-order valence-corrected chi connectivity index (χ2v) is 8.07. The summed E-state index contributed by atoms with van der Waals surface area (Å²) >= 11 is 0. The normalized spacial score (nSPS) is 24.6. The molecule has 1 rings (SSSR count). The summed E-state index contributed by atoms with van der Waals surface area (Å²) in [4.78, 5) is 14.1. The van der Waals surface area contributed by atoms with Crippen molar-refractivity contribution in [2.24, 2.45) is 11.1 Å². The SMILES string of the molecule is CC(C)(C)OC(=O)N1[C@H]([C@@H](N)C(C)(C)C)COC1(C)C. The first kappa shape index (κ1) is 17.2. The number of hydrogen-bond acceptors (Lipinski definition) is 4. The van der Waals surface area contributed by atoms with Gasteiger partial charge in [-0.25, -0.2) is 4.79 Å². The predicted octanol–water partition coefficient (Wildman–Crippen LogP) is 2.73. The van der Waals surface area contributed by atoms with E-state index in [2.05, 4.69) is 20.8 Å². The molecule has 5 nitrogen and oxygen atoms in total. The Balaban J connectivity index is 3.00. The van der Waals surface area contributed by atoms with Crippen LogP contribution in [0.25, 0.3) is 0 Å². The molecule has 0 saturated carbocycles. The second-order valence-electron chi connectivity index (χ2n) is 8.07. The van der Waals surface area contributed by atoms with Crippen LogP contribution in [0.15, 0.2) is 0 Å². The molecule has 2 N–H and O–H groups in total. The molecule has 1 heterocycles. The van der Waals surface area contributed by atoms with Crippen LogP contribution in [0.4, 0.5) is 4.79 Å². The molecule has 0 radical (unpaired) electrons. The maximum Gasteiger partial charge on any atom is 0.412 e. The van der Waals surface area contributed by atoms with Crippen molar-refractivity contribution in [3.05, 3.63) is 0 Å². The Bertz CT molecular complexity index is 366. The molecule has 2 atom stereocenters. The van der Waals surface area contributed by atoms with E-state index in [-0.39, 0.29) is 23.6 Å². The molecule has 1 amide bonds. The van der Waals surface area contributed by atoms with Gasteiger partial charge < -0.3 is 15.2 Å². The minimum absolute atomic E-state index is 0.116. The van der Waals surface area contributed by atoms with E-state index in [4.69, 9.17) is 15.2 Å². The van der Waals surface area contributed by atoms with Crippen molar-refractivity contribution in [2.45, 2.75) is 78.8 Å². The number of nitrogens with two attached hydrogens (primary N) is 1. The highest BCUT2D eigenvalue weighted by molar-refractivity contribution is 5.70. The Morgan fingerprint density at radius 1 is 1.30 bits per heavy atom. The molecule has 0 unspecified atom stereocenters. The fourth-order valence-corrected chi connectivity index (χ4v) is 2.34. The molecule has 1 aliphatic heterocycles. The summed E-state index contributed by atoms with van der Waals surface area (Å²) in [6, 6.07) is -0.364. The van der Waals surface area contributed by atoms with E-state index < -0.39 is 11.3 Å². The lowest BCUT2D eigenvalue weighted by Gasteiger charge is -2.40. The smallest absolute Gasteiger partial charge is 0.412 e. The number of rotatable bonds is 1. The summed E-state index contributed by atoms with van der Waals surface area (Å²) < 4.78 is 11.3. The lowest BCUT2D eigenvalue weighted by Crippen LogP contribution is -2.58. The molecule has 0 aromatic rings. The summed E-state index contributed by atoms with van der Waals surface area (Å²) in [5, 5.41) is 0. The van der Waals surface area contributed by atoms with Crippen molar-refractivity contribution in [1.29, 1.82) is 0 Å². The molecule has 1 saturated heterocycles. The molecule has 118 valence electrons. The molecule has 1 aliphatic rings. The van der Waals surface area contributed by atoms with Gasteiger partial charge in [0.15, 0.2) is 0 Å². The van der Waals surface area contributed by atoms with E-state index in [1.165, 1.54) is 0 Å². The van der Waals surface area contributed by atoms with Crippen molar-refractivity contribution in [3.8, 4) is 0 Å². The van der Waals surface area contributed by atoms with Gasteiger partial charge >= 0.3 is 6.09 Å². The van der Waals surface area contributed by atoms with E-state index >= 15 is 0 Å². The van der Waals surface area contributed by atoms with Gasteiger partial charge in [-0.3, -0.25) is 4.90 Å². The maximum atomic E-state index is 12.5. The Kier molecular flexibility index (Phi) is 4.47. The molecule has 0 bridgehead atoms. The zero-order chi connectivity index (χ0) is 15.9. The third-order valence-corrected chi connectivity index (χ3v) is 3.52. The molecule has 0 aromatic carbocycles. The van der Waals surface area contributed by atoms with E-state index in [1.54, 1.807) is 4.90 Å². The third-order valence-electron chi connectivity index (χ3n) is 3.52. The van der Waals surface area contributed by atoms with Crippen molar-refractivity contribution >= 4 is 6.09 Å². The van der Waals surface area contributed by atoms with Crippen LogP contribution >= 0.6 is 0 Å². The first-order chi connectivity index (χ1) is 8.76. The Morgan fingerprint density at radius 3 is 2.20 bits per heavy atom. The minimum atomic E-state index is -0.699. The highest BCUT2D eigenvalue weighted by Crippen LogP contribution is 2.34. The van der Waals surface area contributed by atoms with Crippen LogP contribution in [0.5, 0.6) is 0 Å². The fourth-order valence-electron chi connectivity index (χ4n) is 2.34. The number of nitrogens with zero attached hydrogens (tertiary/aromatic N) is 1. The van der Waals surface area contributed by atoms with Gasteiger partial charge in [-0.15, -0.1) is 0 Å². The summed E-state index contributed by atoms with van der Waals surface area (Å²) in [5.41, 5.74) is 4.99. The van der Waals surface area contributed by atoms with Gasteiger partial charge in [0.2, 0.25) is 0 Å². The standard InChI is InChI=1S/C15H30N2O3/c1-13(2,3)11(16)10-9-19-15(7,8)17(10)12(18)20-14(4,5)6/h10-11H,9,16H2,1-8H3/t10-,11+/m0/s1. The average Bonchev–Trinajstić information content (AvgIpc) is 2.48. The van der Waals surface area contributed by atoms with Crippen molar-refractivity contribution < 1.29 is 14.3 Å². The van der Waals surface area contributed by atoms with Gasteiger partial charge in [-0.05, 0) is 40.0 Å². The Morgan fingerprint density at radius 2 is 1.80 bits per heavy atom. The third kappa shape index (κ3) is 3.85. The molecular weight excluding hydrogens is 256 g/mol. The van der Waals surface area contributed by atoms with Crippen molar-refractivity contribution in [3.63, 3.8) is 0 Å². The fraction of sp³-hybridized carbons (Fsp3) is 0.933. The Hall–Kier alpha value is -0.810. The first-order valence-corrected chi connectivity index (χ1v) is 7.17. The van der Waals surface area contributed by atoms with Crippen LogP contribution < -0.4 is 5.73 Å². The number of carbonyl (C=O) groups excluding carboxylic acids is 1. The van der Waals surface area contributed by atoms with Crippen LogP contribution in [-0.2, 0) is 9.47 Å². The van der Waals surface area contributed by atoms with Crippen LogP contribution in [0.1, 0.15) is 55.4 Å². The highest BCUT2D eigenvalue weighted by atomic mass is 16.6. The zero-order valence-corrected chi connectivity index (χ0v) is 14.1. The van der Waals surface area contributed by atoms with E-state index in [1.807, 2.05) is 34.6 Å². The molecule has 20 heavy (non-hydrogen) atoms. The second kappa shape index (κ2) is 5.19. The van der Waals surface area contributed by atoms with Gasteiger partial charge in [-0.2, -0.15) is 0 Å². The summed E-state index contributed by atoms with van der Waals surface area (Å²) in [5.74, 6) is 0. The lowest BCUT2D eigenvalue weighted by atomic mass is 9.82. The van der Waals surface area contributed by atoms with Crippen LogP contribution in [0, 0.1) is 5.41 Å². The topological polar surface area (TPSA) is 64.8 Å². The maximum absolute atomic E-state index is 12.5. The van der Waals surface area contributed by atoms with Crippen molar-refractivity contribution in [1.82, 2.24) is 4.90 Å². The number of carbonyl (C=O) groups is 1. The van der Waals surface area contributed by atoms with Gasteiger partial charge in [0, 0.05) is 6.04 Å². The molecular formula is C15H30N2O3. The van der Waals surface area contributed by atoms with Crippen molar-refractivity contribution in [2.75, 3.05) is 6.61 Å². The number of amides is 1. The number of hydrogen-bond donors (Lipinski definition) is 1. The monoisotopic (exact) mass is 286 g/mol. The number of ether oxygens (including phenoxy) is 2. The molecule has 0 aromatic heterocycles. The lowest BCUT2D eigenvalue weighted by molar-refractivity contribution is -0.0643. The van der Waals surface area contributed by atoms with Gasteiger partial charge in [0.1, 0.15) is 11.3 Å². The van der Waals surface area contributed by atoms with E-state index in [0.29, 0.717) is 6.61 Å². The van der Waals surface area contributed by atoms with Gasteiger partial charge in [0.05, 0.1) is 12.6 Å². The van der Waals surface area contributed by atoms with Gasteiger partial charge in [-0.1, -0.05) is 20.8 Å². The minimum Gasteiger partial charge on any atom is -0.444 e. The van der Waals surface area contributed by atoms with Gasteiger partial charge in [0.25, 0.3) is 0 Å². The van der Waals surface area contributed by atoms with Crippen LogP contribution in [0.3, 0.4) is 0 Å². The van der Waals surface area contributed by atoms with Crippen LogP contribution in [-0.4, -0.2) is 41.0 Å². The quantitative estimate of drug-likeness (QED) is 0.805. The van der Waals surface area contributed by atoms with E-state index in [9.17, 15) is 4.79 Å². The summed E-state index contributed by atoms with van der Waals surface area (Å²) in [6.07, 6.45) is -0.371. The zero-order valence-electron chi connectivity index (χ0n) is 14.1.